The van der Waals surface area contributed by atoms with Crippen LogP contribution in [0.5, 0.6) is 0 Å². The van der Waals surface area contributed by atoms with Crippen molar-refractivity contribution >= 4 is 17.9 Å². The Morgan fingerprint density at radius 3 is 2.67 bits per heavy atom. The van der Waals surface area contributed by atoms with Crippen molar-refractivity contribution in [3.05, 3.63) is 40.9 Å². The highest BCUT2D eigenvalue weighted by Gasteiger charge is 2.23. The molecule has 30 heavy (non-hydrogen) atoms. The lowest BCUT2D eigenvalue weighted by Crippen LogP contribution is -2.48. The molecule has 1 aromatic heterocycles. The monoisotopic (exact) mass is 416 g/mol. The Kier molecular flexibility index (Phi) is 6.99. The van der Waals surface area contributed by atoms with Gasteiger partial charge in [0, 0.05) is 11.6 Å². The molecule has 2 atom stereocenters. The highest BCUT2D eigenvalue weighted by molar-refractivity contribution is 5.95. The second-order valence-corrected chi connectivity index (χ2v) is 7.25. The Labute approximate surface area is 172 Å². The lowest BCUT2D eigenvalue weighted by Gasteiger charge is -2.29. The zero-order valence-corrected chi connectivity index (χ0v) is 16.6. The van der Waals surface area contributed by atoms with Crippen LogP contribution >= 0.6 is 0 Å². The summed E-state index contributed by atoms with van der Waals surface area (Å²) in [5, 5.41) is 8.85. The third kappa shape index (κ3) is 5.79. The number of benzene rings is 1. The number of carbonyl (C=O) groups is 3. The minimum Gasteiger partial charge on any atom is -0.454 e. The Morgan fingerprint density at radius 1 is 1.20 bits per heavy atom. The molecule has 3 amide bonds. The van der Waals surface area contributed by atoms with E-state index < -0.39 is 36.8 Å². The van der Waals surface area contributed by atoms with Gasteiger partial charge in [-0.2, -0.15) is 4.68 Å². The maximum atomic E-state index is 11.9. The highest BCUT2D eigenvalue weighted by atomic mass is 16.5. The minimum absolute atomic E-state index is 0.0203. The molecule has 10 nitrogen and oxygen atoms in total. The third-order valence-electron chi connectivity index (χ3n) is 4.95. The molecule has 0 bridgehead atoms. The largest absolute Gasteiger partial charge is 0.454 e. The molecule has 0 unspecified atom stereocenters. The number of imide groups is 1. The van der Waals surface area contributed by atoms with Crippen LogP contribution in [0.2, 0.25) is 0 Å². The van der Waals surface area contributed by atoms with Crippen LogP contribution in [-0.2, 0) is 20.9 Å². The van der Waals surface area contributed by atoms with E-state index in [0.717, 1.165) is 30.4 Å². The second-order valence-electron chi connectivity index (χ2n) is 7.25. The number of esters is 1. The summed E-state index contributed by atoms with van der Waals surface area (Å²) >= 11 is 0. The number of ether oxygens (including phenoxy) is 1. The number of aromatic nitrogens is 2. The summed E-state index contributed by atoms with van der Waals surface area (Å²) in [4.78, 5) is 47.5. The van der Waals surface area contributed by atoms with E-state index in [1.165, 1.54) is 0 Å². The van der Waals surface area contributed by atoms with Crippen molar-refractivity contribution in [2.24, 2.45) is 5.92 Å². The van der Waals surface area contributed by atoms with Crippen molar-refractivity contribution in [2.75, 3.05) is 6.61 Å². The fraction of sp³-hybridized carbons (Fsp3) is 0.450. The van der Waals surface area contributed by atoms with Gasteiger partial charge < -0.3 is 14.5 Å². The lowest BCUT2D eigenvalue weighted by atomic mass is 9.86. The van der Waals surface area contributed by atoms with Gasteiger partial charge in [-0.3, -0.25) is 14.9 Å². The van der Waals surface area contributed by atoms with Crippen LogP contribution in [0.1, 0.15) is 32.6 Å². The first kappa shape index (κ1) is 21.3. The second kappa shape index (κ2) is 9.86. The van der Waals surface area contributed by atoms with Crippen molar-refractivity contribution in [1.29, 1.82) is 0 Å². The normalized spacial score (nSPS) is 18.4. The van der Waals surface area contributed by atoms with Crippen LogP contribution in [0.25, 0.3) is 11.5 Å². The number of hydrogen-bond donors (Lipinski definition) is 2. The number of urea groups is 1. The van der Waals surface area contributed by atoms with Crippen LogP contribution in [0.3, 0.4) is 0 Å². The van der Waals surface area contributed by atoms with Crippen LogP contribution in [0.15, 0.2) is 39.5 Å². The van der Waals surface area contributed by atoms with Crippen LogP contribution < -0.4 is 16.4 Å². The van der Waals surface area contributed by atoms with Crippen LogP contribution in [0.4, 0.5) is 4.79 Å². The smallest absolute Gasteiger partial charge is 0.437 e. The first-order chi connectivity index (χ1) is 14.4. The SMILES string of the molecule is C[C@H]1CCCC[C@H]1NC(=O)NC(=O)COC(=O)Cn1nc(-c2ccccc2)oc1=O. The molecular weight excluding hydrogens is 392 g/mol. The summed E-state index contributed by atoms with van der Waals surface area (Å²) in [6, 6.07) is 8.13. The number of rotatable bonds is 6. The summed E-state index contributed by atoms with van der Waals surface area (Å²) in [7, 11) is 0. The average Bonchev–Trinajstić information content (AvgIpc) is 3.09. The molecule has 1 saturated carbocycles. The number of amides is 3. The average molecular weight is 416 g/mol. The molecule has 0 radical (unpaired) electrons. The molecule has 1 aliphatic carbocycles. The van der Waals surface area contributed by atoms with E-state index >= 15 is 0 Å². The first-order valence-corrected chi connectivity index (χ1v) is 9.81. The predicted octanol–water partition coefficient (Wildman–Crippen LogP) is 1.45. The molecule has 2 N–H and O–H groups in total. The van der Waals surface area contributed by atoms with Crippen molar-refractivity contribution < 1.29 is 23.5 Å². The molecule has 160 valence electrons. The zero-order chi connectivity index (χ0) is 21.5. The molecule has 2 aromatic rings. The molecule has 0 saturated heterocycles. The van der Waals surface area contributed by atoms with Gasteiger partial charge in [0.2, 0.25) is 5.89 Å². The van der Waals surface area contributed by atoms with Gasteiger partial charge in [0.15, 0.2) is 6.61 Å². The Balaban J connectivity index is 1.44. The van der Waals surface area contributed by atoms with E-state index in [1.54, 1.807) is 30.3 Å². The lowest BCUT2D eigenvalue weighted by molar-refractivity contribution is -0.149. The number of hydrogen-bond acceptors (Lipinski definition) is 7. The van der Waals surface area contributed by atoms with Gasteiger partial charge in [-0.25, -0.2) is 9.59 Å². The standard InChI is InChI=1S/C20H24N4O6/c1-13-7-5-6-10-15(13)21-19(27)22-16(25)12-29-17(26)11-24-20(28)30-18(23-24)14-8-3-2-4-9-14/h2-4,8-9,13,15H,5-7,10-12H2,1H3,(H2,21,22,25,27)/t13-,15+/m0/s1. The van der Waals surface area contributed by atoms with Gasteiger partial charge in [0.1, 0.15) is 6.54 Å². The van der Waals surface area contributed by atoms with E-state index in [2.05, 4.69) is 22.7 Å². The van der Waals surface area contributed by atoms with Gasteiger partial charge in [-0.15, -0.1) is 5.10 Å². The quantitative estimate of drug-likeness (QED) is 0.681. The van der Waals surface area contributed by atoms with Crippen molar-refractivity contribution in [3.63, 3.8) is 0 Å². The van der Waals surface area contributed by atoms with E-state index in [1.807, 2.05) is 0 Å². The van der Waals surface area contributed by atoms with E-state index in [-0.39, 0.29) is 11.9 Å². The number of carbonyl (C=O) groups excluding carboxylic acids is 3. The summed E-state index contributed by atoms with van der Waals surface area (Å²) in [6.07, 6.45) is 4.07. The summed E-state index contributed by atoms with van der Waals surface area (Å²) in [5.74, 6) is -2.03. The minimum atomic E-state index is -0.860. The van der Waals surface area contributed by atoms with E-state index in [9.17, 15) is 19.2 Å². The molecule has 1 heterocycles. The predicted molar refractivity (Wildman–Crippen MR) is 105 cm³/mol. The maximum absolute atomic E-state index is 11.9. The first-order valence-electron chi connectivity index (χ1n) is 9.81. The van der Waals surface area contributed by atoms with Crippen molar-refractivity contribution in [2.45, 2.75) is 45.2 Å². The van der Waals surface area contributed by atoms with Gasteiger partial charge in [-0.1, -0.05) is 38.0 Å². The van der Waals surface area contributed by atoms with Crippen LogP contribution in [0, 0.1) is 5.92 Å². The molecular formula is C20H24N4O6. The Bertz CT molecular complexity index is 952. The molecule has 0 spiro atoms. The molecule has 0 aliphatic heterocycles. The fourth-order valence-corrected chi connectivity index (χ4v) is 3.32. The fourth-order valence-electron chi connectivity index (χ4n) is 3.32. The Morgan fingerprint density at radius 2 is 1.93 bits per heavy atom. The van der Waals surface area contributed by atoms with Gasteiger partial charge in [0.25, 0.3) is 5.91 Å². The Hall–Kier alpha value is -3.43. The number of nitrogens with one attached hydrogen (secondary N) is 2. The molecule has 10 heteroatoms. The van der Waals surface area contributed by atoms with Gasteiger partial charge in [0.05, 0.1) is 0 Å². The molecule has 1 fully saturated rings. The van der Waals surface area contributed by atoms with E-state index in [0.29, 0.717) is 11.5 Å². The van der Waals surface area contributed by atoms with Crippen molar-refractivity contribution in [1.82, 2.24) is 20.4 Å². The maximum Gasteiger partial charge on any atom is 0.437 e. The van der Waals surface area contributed by atoms with E-state index in [4.69, 9.17) is 9.15 Å². The summed E-state index contributed by atoms with van der Waals surface area (Å²) < 4.78 is 10.6. The molecule has 1 aliphatic rings. The van der Waals surface area contributed by atoms with Crippen LogP contribution in [-0.4, -0.2) is 40.3 Å². The highest BCUT2D eigenvalue weighted by Crippen LogP contribution is 2.23. The zero-order valence-electron chi connectivity index (χ0n) is 16.6. The summed E-state index contributed by atoms with van der Waals surface area (Å²) in [5.41, 5.74) is 0.583. The third-order valence-corrected chi connectivity index (χ3v) is 4.95. The summed E-state index contributed by atoms with van der Waals surface area (Å²) in [6.45, 7) is 0.890. The number of nitrogens with zero attached hydrogens (tertiary/aromatic N) is 2. The molecule has 3 rings (SSSR count). The molecule has 1 aromatic carbocycles. The van der Waals surface area contributed by atoms with Crippen molar-refractivity contribution in [3.8, 4) is 11.5 Å². The topological polar surface area (TPSA) is 133 Å². The van der Waals surface area contributed by atoms with Gasteiger partial charge >= 0.3 is 17.8 Å². The van der Waals surface area contributed by atoms with Gasteiger partial charge in [-0.05, 0) is 30.9 Å².